The summed E-state index contributed by atoms with van der Waals surface area (Å²) >= 11 is 0. The van der Waals surface area contributed by atoms with Crippen molar-refractivity contribution >= 4 is 17.5 Å². The molecular weight excluding hydrogens is 382 g/mol. The molecule has 2 aromatic rings. The Hall–Kier alpha value is -2.93. The monoisotopic (exact) mass is 409 g/mol. The van der Waals surface area contributed by atoms with Crippen molar-refractivity contribution in [2.24, 2.45) is 11.8 Å². The van der Waals surface area contributed by atoms with E-state index in [1.807, 2.05) is 38.1 Å². The highest BCUT2D eigenvalue weighted by molar-refractivity contribution is 5.98. The van der Waals surface area contributed by atoms with E-state index in [2.05, 4.69) is 15.8 Å². The van der Waals surface area contributed by atoms with Gasteiger partial charge in [-0.1, -0.05) is 23.4 Å². The predicted octanol–water partition coefficient (Wildman–Crippen LogP) is 3.18. The first-order valence-electron chi connectivity index (χ1n) is 10.4. The zero-order valence-electron chi connectivity index (χ0n) is 17.3. The number of nitrogens with zero attached hydrogens (tertiary/aromatic N) is 1. The maximum Gasteiger partial charge on any atom is 0.251 e. The van der Waals surface area contributed by atoms with Gasteiger partial charge in [-0.05, 0) is 44.4 Å². The lowest BCUT2D eigenvalue weighted by Gasteiger charge is -2.19. The Morgan fingerprint density at radius 3 is 2.67 bits per heavy atom. The number of allylic oxidation sites excluding steroid dienone is 2. The van der Waals surface area contributed by atoms with Gasteiger partial charge in [-0.15, -0.1) is 0 Å². The fourth-order valence-electron chi connectivity index (χ4n) is 3.95. The van der Waals surface area contributed by atoms with Gasteiger partial charge in [-0.3, -0.25) is 9.59 Å². The van der Waals surface area contributed by atoms with Gasteiger partial charge in [-0.25, -0.2) is 0 Å². The van der Waals surface area contributed by atoms with Crippen LogP contribution >= 0.6 is 0 Å². The second kappa shape index (κ2) is 8.83. The summed E-state index contributed by atoms with van der Waals surface area (Å²) in [6.07, 6.45) is 6.25. The zero-order valence-corrected chi connectivity index (χ0v) is 17.3. The molecule has 2 atom stereocenters. The molecule has 2 amide bonds. The van der Waals surface area contributed by atoms with Gasteiger partial charge in [0, 0.05) is 35.6 Å². The molecule has 7 nitrogen and oxygen atoms in total. The molecule has 0 bridgehead atoms. The van der Waals surface area contributed by atoms with Gasteiger partial charge >= 0.3 is 0 Å². The standard InChI is InChI=1S/C23H27N3O4/c1-14-7-8-17(11-20(14)24-22(27)16-5-3-4-6-16)23(28)25-21-13-29-12-18(21)10-19-9-15(2)26-30-19/h3-4,7-9,11,16,18,21H,5-6,10,12-13H2,1-2H3,(H,24,27)(H,25,28)/t18-,21+/m1/s1. The Balaban J connectivity index is 1.40. The highest BCUT2D eigenvalue weighted by Gasteiger charge is 2.31. The first-order chi connectivity index (χ1) is 14.5. The molecule has 0 radical (unpaired) electrons. The van der Waals surface area contributed by atoms with E-state index in [1.54, 1.807) is 12.1 Å². The number of amides is 2. The molecule has 2 heterocycles. The number of ether oxygens (including phenoxy) is 1. The first-order valence-corrected chi connectivity index (χ1v) is 10.4. The fraction of sp³-hybridized carbons (Fsp3) is 0.435. The van der Waals surface area contributed by atoms with E-state index in [4.69, 9.17) is 9.26 Å². The van der Waals surface area contributed by atoms with Crippen molar-refractivity contribution in [2.45, 2.75) is 39.2 Å². The van der Waals surface area contributed by atoms with Gasteiger partial charge in [0.2, 0.25) is 5.91 Å². The van der Waals surface area contributed by atoms with Gasteiger partial charge in [0.1, 0.15) is 5.76 Å². The number of hydrogen-bond donors (Lipinski definition) is 2. The SMILES string of the molecule is Cc1cc(C[C@@H]2COC[C@@H]2NC(=O)c2ccc(C)c(NC(=O)C3CC=CC3)c2)on1. The van der Waals surface area contributed by atoms with Crippen LogP contribution in [0, 0.1) is 25.7 Å². The van der Waals surface area contributed by atoms with Gasteiger partial charge in [0.15, 0.2) is 0 Å². The molecule has 2 N–H and O–H groups in total. The number of nitrogens with one attached hydrogen (secondary N) is 2. The molecule has 0 saturated carbocycles. The highest BCUT2D eigenvalue weighted by atomic mass is 16.5. The van der Waals surface area contributed by atoms with E-state index in [1.165, 1.54) is 0 Å². The van der Waals surface area contributed by atoms with Crippen molar-refractivity contribution in [1.29, 1.82) is 0 Å². The van der Waals surface area contributed by atoms with Crippen LogP contribution in [0.2, 0.25) is 0 Å². The predicted molar refractivity (Wildman–Crippen MR) is 112 cm³/mol. The minimum absolute atomic E-state index is 0.00716. The molecule has 158 valence electrons. The average molecular weight is 409 g/mol. The third-order valence-electron chi connectivity index (χ3n) is 5.79. The minimum atomic E-state index is -0.178. The molecule has 1 aliphatic heterocycles. The average Bonchev–Trinajstić information content (AvgIpc) is 3.47. The topological polar surface area (TPSA) is 93.5 Å². The highest BCUT2D eigenvalue weighted by Crippen LogP contribution is 2.24. The van der Waals surface area contributed by atoms with E-state index < -0.39 is 0 Å². The van der Waals surface area contributed by atoms with Crippen LogP contribution in [0.15, 0.2) is 40.9 Å². The lowest BCUT2D eigenvalue weighted by molar-refractivity contribution is -0.119. The van der Waals surface area contributed by atoms with Gasteiger partial charge in [0.25, 0.3) is 5.91 Å². The van der Waals surface area contributed by atoms with Crippen LogP contribution in [0.4, 0.5) is 5.69 Å². The van der Waals surface area contributed by atoms with Crippen molar-refractivity contribution in [3.05, 3.63) is 59.0 Å². The second-order valence-electron chi connectivity index (χ2n) is 8.17. The number of anilines is 1. The number of hydrogen-bond acceptors (Lipinski definition) is 5. The summed E-state index contributed by atoms with van der Waals surface area (Å²) in [5.41, 5.74) is 2.96. The summed E-state index contributed by atoms with van der Waals surface area (Å²) in [4.78, 5) is 25.3. The van der Waals surface area contributed by atoms with E-state index >= 15 is 0 Å². The zero-order chi connectivity index (χ0) is 21.1. The normalized spacial score (nSPS) is 21.1. The van der Waals surface area contributed by atoms with Gasteiger partial charge < -0.3 is 19.9 Å². The van der Waals surface area contributed by atoms with Crippen molar-refractivity contribution in [3.8, 4) is 0 Å². The van der Waals surface area contributed by atoms with E-state index in [0.29, 0.717) is 30.9 Å². The summed E-state index contributed by atoms with van der Waals surface area (Å²) < 4.78 is 10.9. The Bertz CT molecular complexity index is 957. The number of carbonyl (C=O) groups is 2. The van der Waals surface area contributed by atoms with Crippen LogP contribution in [0.3, 0.4) is 0 Å². The molecule has 0 unspecified atom stereocenters. The minimum Gasteiger partial charge on any atom is -0.379 e. The molecule has 1 aliphatic carbocycles. The third-order valence-corrected chi connectivity index (χ3v) is 5.79. The Labute approximate surface area is 175 Å². The summed E-state index contributed by atoms with van der Waals surface area (Å²) in [7, 11) is 0. The van der Waals surface area contributed by atoms with Crippen LogP contribution in [0.1, 0.15) is 40.2 Å². The Kier molecular flexibility index (Phi) is 5.99. The summed E-state index contributed by atoms with van der Waals surface area (Å²) in [5, 5.41) is 9.98. The van der Waals surface area contributed by atoms with Crippen LogP contribution < -0.4 is 10.6 Å². The number of benzene rings is 1. The molecule has 1 fully saturated rings. The van der Waals surface area contributed by atoms with Crippen LogP contribution in [0.25, 0.3) is 0 Å². The first kappa shape index (κ1) is 20.3. The quantitative estimate of drug-likeness (QED) is 0.715. The van der Waals surface area contributed by atoms with E-state index in [0.717, 1.165) is 29.9 Å². The van der Waals surface area contributed by atoms with Crippen molar-refractivity contribution in [3.63, 3.8) is 0 Å². The maximum atomic E-state index is 12.9. The molecule has 7 heteroatoms. The van der Waals surface area contributed by atoms with Gasteiger partial charge in [-0.2, -0.15) is 0 Å². The van der Waals surface area contributed by atoms with Crippen LogP contribution in [-0.2, 0) is 16.0 Å². The lowest BCUT2D eigenvalue weighted by Crippen LogP contribution is -2.40. The summed E-state index contributed by atoms with van der Waals surface area (Å²) in [5.74, 6) is 0.706. The Morgan fingerprint density at radius 2 is 1.93 bits per heavy atom. The molecule has 30 heavy (non-hydrogen) atoms. The van der Waals surface area contributed by atoms with Crippen molar-refractivity contribution in [2.75, 3.05) is 18.5 Å². The van der Waals surface area contributed by atoms with Crippen molar-refractivity contribution < 1.29 is 18.8 Å². The second-order valence-corrected chi connectivity index (χ2v) is 8.17. The van der Waals surface area contributed by atoms with Crippen molar-refractivity contribution in [1.82, 2.24) is 10.5 Å². The molecule has 1 aromatic carbocycles. The van der Waals surface area contributed by atoms with Crippen LogP contribution in [0.5, 0.6) is 0 Å². The molecule has 4 rings (SSSR count). The largest absolute Gasteiger partial charge is 0.379 e. The summed E-state index contributed by atoms with van der Waals surface area (Å²) in [6, 6.07) is 7.19. The van der Waals surface area contributed by atoms with Gasteiger partial charge in [0.05, 0.1) is 24.9 Å². The number of rotatable bonds is 6. The van der Waals surface area contributed by atoms with E-state index in [9.17, 15) is 9.59 Å². The number of aromatic nitrogens is 1. The molecule has 1 aromatic heterocycles. The van der Waals surface area contributed by atoms with Crippen LogP contribution in [-0.4, -0.2) is 36.2 Å². The molecule has 0 spiro atoms. The van der Waals surface area contributed by atoms with E-state index in [-0.39, 0.29) is 29.7 Å². The third kappa shape index (κ3) is 4.62. The smallest absolute Gasteiger partial charge is 0.251 e. The molecule has 2 aliphatic rings. The fourth-order valence-corrected chi connectivity index (χ4v) is 3.95. The number of carbonyl (C=O) groups excluding carboxylic acids is 2. The Morgan fingerprint density at radius 1 is 1.13 bits per heavy atom. The maximum absolute atomic E-state index is 12.9. The molecule has 1 saturated heterocycles. The lowest BCUT2D eigenvalue weighted by atomic mass is 9.97. The number of aryl methyl sites for hydroxylation is 2. The summed E-state index contributed by atoms with van der Waals surface area (Å²) in [6.45, 7) is 4.84. The molecular formula is C23H27N3O4.